The zero-order valence-electron chi connectivity index (χ0n) is 12.1. The van der Waals surface area contributed by atoms with Crippen LogP contribution < -0.4 is 0 Å². The molecule has 0 aliphatic carbocycles. The molecule has 0 amide bonds. The van der Waals surface area contributed by atoms with Gasteiger partial charge in [0, 0.05) is 29.6 Å². The van der Waals surface area contributed by atoms with Crippen LogP contribution in [0.3, 0.4) is 0 Å². The van der Waals surface area contributed by atoms with Gasteiger partial charge in [-0.25, -0.2) is 12.7 Å². The van der Waals surface area contributed by atoms with Crippen molar-refractivity contribution in [3.8, 4) is 11.4 Å². The van der Waals surface area contributed by atoms with Crippen molar-refractivity contribution >= 4 is 21.6 Å². The van der Waals surface area contributed by atoms with Crippen LogP contribution in [0.2, 0.25) is 5.02 Å². The number of rotatable bonds is 3. The standard InChI is InChI=1S/C14H16ClN3O3S/c1-22(19,20)18-7-5-10(6-8-18)14-16-13(17-21-14)11-3-2-4-12(15)9-11/h2-4,9-10H,5-8H2,1H3. The summed E-state index contributed by atoms with van der Waals surface area (Å²) in [5, 5.41) is 4.61. The van der Waals surface area contributed by atoms with Crippen LogP contribution in [0.25, 0.3) is 11.4 Å². The Balaban J connectivity index is 1.73. The quantitative estimate of drug-likeness (QED) is 0.857. The Labute approximate surface area is 134 Å². The van der Waals surface area contributed by atoms with Crippen LogP contribution in [0.5, 0.6) is 0 Å². The van der Waals surface area contributed by atoms with Gasteiger partial charge in [-0.15, -0.1) is 0 Å². The summed E-state index contributed by atoms with van der Waals surface area (Å²) in [5.74, 6) is 1.16. The molecule has 22 heavy (non-hydrogen) atoms. The third-order valence-electron chi connectivity index (χ3n) is 3.80. The lowest BCUT2D eigenvalue weighted by Crippen LogP contribution is -2.37. The lowest BCUT2D eigenvalue weighted by molar-refractivity contribution is 0.271. The second-order valence-corrected chi connectivity index (χ2v) is 7.82. The first-order chi connectivity index (χ1) is 10.4. The summed E-state index contributed by atoms with van der Waals surface area (Å²) in [6, 6.07) is 7.26. The third-order valence-corrected chi connectivity index (χ3v) is 5.34. The first kappa shape index (κ1) is 15.5. The molecule has 0 bridgehead atoms. The van der Waals surface area contributed by atoms with Gasteiger partial charge in [0.2, 0.25) is 21.7 Å². The number of nitrogens with zero attached hydrogens (tertiary/aromatic N) is 3. The van der Waals surface area contributed by atoms with Crippen molar-refractivity contribution in [2.24, 2.45) is 0 Å². The van der Waals surface area contributed by atoms with Crippen molar-refractivity contribution in [2.75, 3.05) is 19.3 Å². The van der Waals surface area contributed by atoms with E-state index in [0.717, 1.165) is 5.56 Å². The number of hydrogen-bond acceptors (Lipinski definition) is 5. The minimum atomic E-state index is -3.12. The molecular formula is C14H16ClN3O3S. The highest BCUT2D eigenvalue weighted by atomic mass is 35.5. The van der Waals surface area contributed by atoms with E-state index < -0.39 is 10.0 Å². The van der Waals surface area contributed by atoms with E-state index in [1.807, 2.05) is 12.1 Å². The van der Waals surface area contributed by atoms with Crippen molar-refractivity contribution in [1.29, 1.82) is 0 Å². The van der Waals surface area contributed by atoms with E-state index in [1.54, 1.807) is 12.1 Å². The summed E-state index contributed by atoms with van der Waals surface area (Å²) in [7, 11) is -3.12. The topological polar surface area (TPSA) is 76.3 Å². The number of hydrogen-bond donors (Lipinski definition) is 0. The van der Waals surface area contributed by atoms with Crippen molar-refractivity contribution in [3.05, 3.63) is 35.2 Å². The van der Waals surface area contributed by atoms with E-state index in [4.69, 9.17) is 16.1 Å². The van der Waals surface area contributed by atoms with E-state index >= 15 is 0 Å². The van der Waals surface area contributed by atoms with E-state index in [0.29, 0.717) is 42.7 Å². The van der Waals surface area contributed by atoms with Crippen molar-refractivity contribution in [2.45, 2.75) is 18.8 Å². The van der Waals surface area contributed by atoms with Gasteiger partial charge in [-0.2, -0.15) is 4.98 Å². The average Bonchev–Trinajstić information content (AvgIpc) is 2.96. The maximum Gasteiger partial charge on any atom is 0.230 e. The molecule has 0 saturated carbocycles. The molecule has 1 aliphatic rings. The van der Waals surface area contributed by atoms with Crippen LogP contribution in [-0.2, 0) is 10.0 Å². The normalized spacial score (nSPS) is 17.7. The Morgan fingerprint density at radius 1 is 1.32 bits per heavy atom. The third kappa shape index (κ3) is 3.31. The Morgan fingerprint density at radius 2 is 2.05 bits per heavy atom. The zero-order chi connectivity index (χ0) is 15.7. The summed E-state index contributed by atoms with van der Waals surface area (Å²) in [6.07, 6.45) is 2.60. The molecule has 3 rings (SSSR count). The van der Waals surface area contributed by atoms with Crippen LogP contribution in [-0.4, -0.2) is 42.2 Å². The smallest absolute Gasteiger partial charge is 0.230 e. The van der Waals surface area contributed by atoms with Crippen LogP contribution >= 0.6 is 11.6 Å². The van der Waals surface area contributed by atoms with Crippen LogP contribution in [0.15, 0.2) is 28.8 Å². The van der Waals surface area contributed by atoms with Gasteiger partial charge in [-0.1, -0.05) is 28.9 Å². The maximum absolute atomic E-state index is 11.5. The number of piperidine rings is 1. The van der Waals surface area contributed by atoms with Crippen LogP contribution in [0, 0.1) is 0 Å². The first-order valence-corrected chi connectivity index (χ1v) is 9.21. The lowest BCUT2D eigenvalue weighted by Gasteiger charge is -2.28. The molecule has 2 heterocycles. The van der Waals surface area contributed by atoms with Gasteiger partial charge in [0.25, 0.3) is 0 Å². The molecule has 1 aromatic heterocycles. The number of halogens is 1. The Morgan fingerprint density at radius 3 is 2.68 bits per heavy atom. The van der Waals surface area contributed by atoms with Crippen molar-refractivity contribution in [3.63, 3.8) is 0 Å². The molecule has 6 nitrogen and oxygen atoms in total. The number of aromatic nitrogens is 2. The largest absolute Gasteiger partial charge is 0.339 e. The second kappa shape index (κ2) is 5.98. The molecule has 1 aliphatic heterocycles. The fourth-order valence-corrected chi connectivity index (χ4v) is 3.64. The Kier molecular flexibility index (Phi) is 4.20. The molecule has 118 valence electrons. The molecule has 2 aromatic rings. The molecular weight excluding hydrogens is 326 g/mol. The molecule has 1 fully saturated rings. The molecule has 1 saturated heterocycles. The Bertz CT molecular complexity index is 767. The van der Waals surface area contributed by atoms with Crippen molar-refractivity contribution in [1.82, 2.24) is 14.4 Å². The number of benzene rings is 1. The van der Waals surface area contributed by atoms with Gasteiger partial charge in [0.15, 0.2) is 0 Å². The summed E-state index contributed by atoms with van der Waals surface area (Å²) < 4.78 is 29.9. The highest BCUT2D eigenvalue weighted by Crippen LogP contribution is 2.29. The van der Waals surface area contributed by atoms with E-state index in [1.165, 1.54) is 10.6 Å². The van der Waals surface area contributed by atoms with E-state index in [2.05, 4.69) is 10.1 Å². The summed E-state index contributed by atoms with van der Waals surface area (Å²) in [4.78, 5) is 4.43. The van der Waals surface area contributed by atoms with Crippen LogP contribution in [0.1, 0.15) is 24.7 Å². The van der Waals surface area contributed by atoms with Gasteiger partial charge >= 0.3 is 0 Å². The molecule has 8 heteroatoms. The predicted octanol–water partition coefficient (Wildman–Crippen LogP) is 2.53. The summed E-state index contributed by atoms with van der Waals surface area (Å²) >= 11 is 5.96. The van der Waals surface area contributed by atoms with Gasteiger partial charge in [0.1, 0.15) is 0 Å². The minimum absolute atomic E-state index is 0.0958. The van der Waals surface area contributed by atoms with E-state index in [-0.39, 0.29) is 5.92 Å². The highest BCUT2D eigenvalue weighted by molar-refractivity contribution is 7.88. The zero-order valence-corrected chi connectivity index (χ0v) is 13.6. The fraction of sp³-hybridized carbons (Fsp3) is 0.429. The first-order valence-electron chi connectivity index (χ1n) is 6.98. The fourth-order valence-electron chi connectivity index (χ4n) is 2.58. The molecule has 0 N–H and O–H groups in total. The number of sulfonamides is 1. The van der Waals surface area contributed by atoms with Crippen LogP contribution in [0.4, 0.5) is 0 Å². The van der Waals surface area contributed by atoms with Gasteiger partial charge < -0.3 is 4.52 Å². The SMILES string of the molecule is CS(=O)(=O)N1CCC(c2nc(-c3cccc(Cl)c3)no2)CC1. The molecule has 1 aromatic carbocycles. The molecule has 0 radical (unpaired) electrons. The van der Waals surface area contributed by atoms with Crippen molar-refractivity contribution < 1.29 is 12.9 Å². The predicted molar refractivity (Wildman–Crippen MR) is 83.1 cm³/mol. The Hall–Kier alpha value is -1.44. The monoisotopic (exact) mass is 341 g/mol. The summed E-state index contributed by atoms with van der Waals surface area (Å²) in [5.41, 5.74) is 0.802. The van der Waals surface area contributed by atoms with E-state index in [9.17, 15) is 8.42 Å². The van der Waals surface area contributed by atoms with Gasteiger partial charge in [-0.3, -0.25) is 0 Å². The molecule has 0 unspecified atom stereocenters. The minimum Gasteiger partial charge on any atom is -0.339 e. The summed E-state index contributed by atoms with van der Waals surface area (Å²) in [6.45, 7) is 0.969. The highest BCUT2D eigenvalue weighted by Gasteiger charge is 2.29. The molecule has 0 atom stereocenters. The average molecular weight is 342 g/mol. The van der Waals surface area contributed by atoms with Gasteiger partial charge in [-0.05, 0) is 25.0 Å². The van der Waals surface area contributed by atoms with Gasteiger partial charge in [0.05, 0.1) is 6.26 Å². The maximum atomic E-state index is 11.5. The molecule has 0 spiro atoms. The second-order valence-electron chi connectivity index (χ2n) is 5.40. The lowest BCUT2D eigenvalue weighted by atomic mass is 9.98.